The number of aliphatic hydroxyl groups excluding tert-OH is 2. The van der Waals surface area contributed by atoms with Gasteiger partial charge in [0.1, 0.15) is 0 Å². The predicted octanol–water partition coefficient (Wildman–Crippen LogP) is 16.9. The summed E-state index contributed by atoms with van der Waals surface area (Å²) < 4.78 is 5.47. The Balaban J connectivity index is 3.44. The van der Waals surface area contributed by atoms with E-state index in [0.29, 0.717) is 25.9 Å². The molecule has 6 nitrogen and oxygen atoms in total. The summed E-state index contributed by atoms with van der Waals surface area (Å²) in [5, 5.41) is 23.2. The molecule has 0 radical (unpaired) electrons. The summed E-state index contributed by atoms with van der Waals surface area (Å²) in [5.74, 6) is -0.0431. The number of hydrogen-bond acceptors (Lipinski definition) is 5. The molecule has 0 aliphatic heterocycles. The van der Waals surface area contributed by atoms with Crippen LogP contribution < -0.4 is 5.32 Å². The third-order valence-corrected chi connectivity index (χ3v) is 13.1. The number of rotatable bonds is 52. The predicted molar refractivity (Wildman–Crippen MR) is 269 cm³/mol. The number of unbranched alkanes of at least 4 members (excludes halogenated alkanes) is 39. The molecule has 0 saturated carbocycles. The Kier molecular flexibility index (Phi) is 51.0. The number of nitrogens with one attached hydrogen (secondary N) is 1. The molecular formula is C56H109NO5. The second-order valence-electron chi connectivity index (χ2n) is 19.3. The van der Waals surface area contributed by atoms with Crippen LogP contribution in [-0.2, 0) is 14.3 Å². The Bertz CT molecular complexity index is 924. The van der Waals surface area contributed by atoms with Crippen LogP contribution in [0.25, 0.3) is 0 Å². The highest BCUT2D eigenvalue weighted by Gasteiger charge is 2.20. The minimum Gasteiger partial charge on any atom is -0.466 e. The van der Waals surface area contributed by atoms with Crippen LogP contribution in [0.2, 0.25) is 0 Å². The highest BCUT2D eigenvalue weighted by Crippen LogP contribution is 2.17. The van der Waals surface area contributed by atoms with Gasteiger partial charge in [-0.1, -0.05) is 257 Å². The molecule has 2 unspecified atom stereocenters. The number of carbonyl (C=O) groups excluding carboxylic acids is 2. The zero-order valence-electron chi connectivity index (χ0n) is 41.9. The minimum absolute atomic E-state index is 0.00484. The van der Waals surface area contributed by atoms with Crippen LogP contribution in [0, 0.1) is 0 Å². The van der Waals surface area contributed by atoms with Crippen molar-refractivity contribution in [2.24, 2.45) is 0 Å². The molecule has 0 heterocycles. The first-order valence-corrected chi connectivity index (χ1v) is 27.9. The standard InChI is InChI=1S/C56H109NO5/c1-3-5-7-9-11-13-15-17-25-28-32-36-40-44-48-54(59)53(52-58)57-55(60)49-45-41-37-33-29-26-22-20-18-19-21-23-27-31-35-39-43-47-51-62-56(61)50-46-42-38-34-30-24-16-14-12-10-8-6-4-2/h20,22,53-54,58-59H,3-19,21,23-52H2,1-2H3,(H,57,60)/b22-20-. The normalized spacial score (nSPS) is 12.6. The molecule has 0 rings (SSSR count). The number of carbonyl (C=O) groups is 2. The summed E-state index contributed by atoms with van der Waals surface area (Å²) in [7, 11) is 0. The summed E-state index contributed by atoms with van der Waals surface area (Å²) in [6.07, 6.45) is 60.5. The van der Waals surface area contributed by atoms with Gasteiger partial charge in [-0.15, -0.1) is 0 Å². The fourth-order valence-electron chi connectivity index (χ4n) is 8.75. The van der Waals surface area contributed by atoms with Crippen molar-refractivity contribution < 1.29 is 24.5 Å². The fraction of sp³-hybridized carbons (Fsp3) is 0.929. The van der Waals surface area contributed by atoms with Gasteiger partial charge in [-0.05, 0) is 51.4 Å². The monoisotopic (exact) mass is 876 g/mol. The van der Waals surface area contributed by atoms with Gasteiger partial charge in [-0.2, -0.15) is 0 Å². The molecule has 0 bridgehead atoms. The lowest BCUT2D eigenvalue weighted by Gasteiger charge is -2.22. The van der Waals surface area contributed by atoms with Crippen LogP contribution in [0.15, 0.2) is 12.2 Å². The summed E-state index contributed by atoms with van der Waals surface area (Å²) in [4.78, 5) is 24.5. The molecule has 0 aromatic heterocycles. The SMILES string of the molecule is CCCCCCCCCCCCCCCCC(O)C(CO)NC(=O)CCCCCCC/C=C\CCCCCCCCCCCOC(=O)CCCCCCCCCCCCCCC. The summed E-state index contributed by atoms with van der Waals surface area (Å²) in [5.41, 5.74) is 0. The second-order valence-corrected chi connectivity index (χ2v) is 19.3. The molecule has 0 spiro atoms. The van der Waals surface area contributed by atoms with Crippen molar-refractivity contribution in [3.63, 3.8) is 0 Å². The van der Waals surface area contributed by atoms with Gasteiger partial charge in [0.25, 0.3) is 0 Å². The Morgan fingerprint density at radius 1 is 0.435 bits per heavy atom. The molecule has 1 amide bonds. The Morgan fingerprint density at radius 2 is 0.758 bits per heavy atom. The fourth-order valence-corrected chi connectivity index (χ4v) is 8.75. The van der Waals surface area contributed by atoms with E-state index in [1.807, 2.05) is 0 Å². The third kappa shape index (κ3) is 48.1. The minimum atomic E-state index is -0.671. The van der Waals surface area contributed by atoms with Crippen LogP contribution in [0.1, 0.15) is 309 Å². The zero-order valence-corrected chi connectivity index (χ0v) is 41.9. The lowest BCUT2D eigenvalue weighted by atomic mass is 10.0. The number of hydrogen-bond donors (Lipinski definition) is 3. The highest BCUT2D eigenvalue weighted by atomic mass is 16.5. The molecule has 0 aromatic rings. The van der Waals surface area contributed by atoms with E-state index in [9.17, 15) is 19.8 Å². The van der Waals surface area contributed by atoms with E-state index in [1.54, 1.807) is 0 Å². The molecule has 3 N–H and O–H groups in total. The summed E-state index contributed by atoms with van der Waals surface area (Å²) >= 11 is 0. The van der Waals surface area contributed by atoms with Crippen molar-refractivity contribution >= 4 is 11.9 Å². The van der Waals surface area contributed by atoms with E-state index < -0.39 is 12.1 Å². The van der Waals surface area contributed by atoms with Crippen LogP contribution in [-0.4, -0.2) is 47.4 Å². The van der Waals surface area contributed by atoms with Gasteiger partial charge >= 0.3 is 5.97 Å². The van der Waals surface area contributed by atoms with Gasteiger partial charge in [0.05, 0.1) is 25.4 Å². The molecule has 0 saturated heterocycles. The molecule has 0 aliphatic rings. The Morgan fingerprint density at radius 3 is 1.15 bits per heavy atom. The molecule has 0 aromatic carbocycles. The molecule has 0 aliphatic carbocycles. The summed E-state index contributed by atoms with van der Waals surface area (Å²) in [6.45, 7) is 4.95. The average Bonchev–Trinajstić information content (AvgIpc) is 3.27. The average molecular weight is 876 g/mol. The molecular weight excluding hydrogens is 767 g/mol. The van der Waals surface area contributed by atoms with Crippen LogP contribution in [0.5, 0.6) is 0 Å². The Hall–Kier alpha value is -1.40. The van der Waals surface area contributed by atoms with Gasteiger partial charge in [0, 0.05) is 12.8 Å². The number of amides is 1. The van der Waals surface area contributed by atoms with Crippen LogP contribution in [0.3, 0.4) is 0 Å². The second kappa shape index (κ2) is 52.2. The molecule has 0 fully saturated rings. The van der Waals surface area contributed by atoms with Crippen LogP contribution in [0.4, 0.5) is 0 Å². The zero-order chi connectivity index (χ0) is 45.1. The van der Waals surface area contributed by atoms with Gasteiger partial charge in [-0.25, -0.2) is 0 Å². The van der Waals surface area contributed by atoms with Crippen molar-refractivity contribution in [1.82, 2.24) is 5.32 Å². The van der Waals surface area contributed by atoms with Crippen molar-refractivity contribution in [2.45, 2.75) is 321 Å². The lowest BCUT2D eigenvalue weighted by molar-refractivity contribution is -0.143. The quantitative estimate of drug-likeness (QED) is 0.0321. The van der Waals surface area contributed by atoms with Crippen molar-refractivity contribution in [3.05, 3.63) is 12.2 Å². The highest BCUT2D eigenvalue weighted by molar-refractivity contribution is 5.76. The number of esters is 1. The maximum atomic E-state index is 12.4. The van der Waals surface area contributed by atoms with Crippen molar-refractivity contribution in [3.8, 4) is 0 Å². The van der Waals surface area contributed by atoms with E-state index in [4.69, 9.17) is 4.74 Å². The topological polar surface area (TPSA) is 95.9 Å². The van der Waals surface area contributed by atoms with E-state index in [2.05, 4.69) is 31.3 Å². The van der Waals surface area contributed by atoms with Gasteiger partial charge in [0.15, 0.2) is 0 Å². The van der Waals surface area contributed by atoms with E-state index in [1.165, 1.54) is 218 Å². The number of aliphatic hydroxyl groups is 2. The van der Waals surface area contributed by atoms with Crippen molar-refractivity contribution in [1.29, 1.82) is 0 Å². The van der Waals surface area contributed by atoms with Crippen molar-refractivity contribution in [2.75, 3.05) is 13.2 Å². The van der Waals surface area contributed by atoms with Crippen LogP contribution >= 0.6 is 0 Å². The number of allylic oxidation sites excluding steroid dienone is 2. The van der Waals surface area contributed by atoms with E-state index in [-0.39, 0.29) is 18.5 Å². The molecule has 62 heavy (non-hydrogen) atoms. The first-order chi connectivity index (χ1) is 30.5. The third-order valence-electron chi connectivity index (χ3n) is 13.1. The first kappa shape index (κ1) is 60.6. The maximum Gasteiger partial charge on any atom is 0.305 e. The largest absolute Gasteiger partial charge is 0.466 e. The summed E-state index contributed by atoms with van der Waals surface area (Å²) in [6, 6.07) is -0.550. The maximum absolute atomic E-state index is 12.4. The van der Waals surface area contributed by atoms with E-state index in [0.717, 1.165) is 57.8 Å². The Labute approximate surface area is 387 Å². The van der Waals surface area contributed by atoms with Gasteiger partial charge < -0.3 is 20.3 Å². The molecule has 2 atom stereocenters. The first-order valence-electron chi connectivity index (χ1n) is 27.9. The lowest BCUT2D eigenvalue weighted by Crippen LogP contribution is -2.45. The van der Waals surface area contributed by atoms with Gasteiger partial charge in [0.2, 0.25) is 5.91 Å². The molecule has 6 heteroatoms. The smallest absolute Gasteiger partial charge is 0.305 e. The number of ether oxygens (including phenoxy) is 1. The van der Waals surface area contributed by atoms with E-state index >= 15 is 0 Å². The van der Waals surface area contributed by atoms with Gasteiger partial charge in [-0.3, -0.25) is 9.59 Å². The molecule has 368 valence electrons.